The van der Waals surface area contributed by atoms with Gasteiger partial charge in [0.25, 0.3) is 5.91 Å². The minimum atomic E-state index is -0.500. The van der Waals surface area contributed by atoms with Crippen molar-refractivity contribution in [3.05, 3.63) is 16.1 Å². The third-order valence-corrected chi connectivity index (χ3v) is 6.48. The normalized spacial score (nSPS) is 26.0. The molecule has 4 rings (SSSR count). The molecule has 2 unspecified atom stereocenters. The van der Waals surface area contributed by atoms with Gasteiger partial charge in [0.15, 0.2) is 0 Å². The number of likely N-dealkylation sites (tertiary alicyclic amines) is 1. The highest BCUT2D eigenvalue weighted by Crippen LogP contribution is 2.42. The summed E-state index contributed by atoms with van der Waals surface area (Å²) in [5, 5.41) is 1.10. The van der Waals surface area contributed by atoms with Gasteiger partial charge in [0.1, 0.15) is 10.5 Å². The van der Waals surface area contributed by atoms with Crippen molar-refractivity contribution in [2.75, 3.05) is 13.1 Å². The van der Waals surface area contributed by atoms with Gasteiger partial charge in [-0.3, -0.25) is 4.79 Å². The second kappa shape index (κ2) is 6.51. The van der Waals surface area contributed by atoms with Crippen LogP contribution in [0.3, 0.4) is 0 Å². The van der Waals surface area contributed by atoms with Gasteiger partial charge in [-0.1, -0.05) is 0 Å². The predicted molar refractivity (Wildman–Crippen MR) is 99.5 cm³/mol. The number of rotatable bonds is 2. The molecule has 3 fully saturated rings. The number of fused-ring (bicyclic) bond motifs is 2. The monoisotopic (exact) mass is 377 g/mol. The first-order valence-electron chi connectivity index (χ1n) is 9.58. The van der Waals surface area contributed by atoms with Crippen LogP contribution >= 0.6 is 11.3 Å². The number of hydrogen-bond donors (Lipinski definition) is 0. The minimum absolute atomic E-state index is 0.0529. The Hall–Kier alpha value is -1.63. The first kappa shape index (κ1) is 17.8. The summed E-state index contributed by atoms with van der Waals surface area (Å²) in [6.45, 7) is 6.95. The maximum atomic E-state index is 13.0. The molecule has 26 heavy (non-hydrogen) atoms. The molecular weight excluding hydrogens is 350 g/mol. The van der Waals surface area contributed by atoms with E-state index in [1.165, 1.54) is 24.2 Å². The first-order chi connectivity index (χ1) is 12.3. The van der Waals surface area contributed by atoms with E-state index < -0.39 is 5.60 Å². The van der Waals surface area contributed by atoms with Crippen molar-refractivity contribution in [1.82, 2.24) is 14.8 Å². The van der Waals surface area contributed by atoms with Gasteiger partial charge in [-0.15, -0.1) is 11.3 Å². The maximum Gasteiger partial charge on any atom is 0.410 e. The van der Waals surface area contributed by atoms with E-state index in [1.807, 2.05) is 30.6 Å². The summed E-state index contributed by atoms with van der Waals surface area (Å²) < 4.78 is 5.61. The van der Waals surface area contributed by atoms with Gasteiger partial charge in [0, 0.05) is 25.0 Å². The Labute approximate surface area is 158 Å². The van der Waals surface area contributed by atoms with E-state index >= 15 is 0 Å². The van der Waals surface area contributed by atoms with Crippen molar-refractivity contribution in [2.24, 2.45) is 0 Å². The van der Waals surface area contributed by atoms with Crippen LogP contribution in [0.25, 0.3) is 0 Å². The molecular formula is C19H27N3O3S. The number of thiazole rings is 1. The molecule has 2 amide bonds. The second-order valence-corrected chi connectivity index (χ2v) is 9.71. The van der Waals surface area contributed by atoms with Crippen molar-refractivity contribution in [3.63, 3.8) is 0 Å². The average Bonchev–Trinajstić information content (AvgIpc) is 3.17. The van der Waals surface area contributed by atoms with Gasteiger partial charge in [-0.05, 0) is 52.9 Å². The van der Waals surface area contributed by atoms with E-state index in [0.29, 0.717) is 19.0 Å². The van der Waals surface area contributed by atoms with Gasteiger partial charge in [-0.25, -0.2) is 9.78 Å². The van der Waals surface area contributed by atoms with Gasteiger partial charge in [0.05, 0.1) is 17.2 Å². The molecule has 1 aliphatic carbocycles. The van der Waals surface area contributed by atoms with E-state index in [2.05, 4.69) is 4.98 Å². The lowest BCUT2D eigenvalue weighted by molar-refractivity contribution is 0.0151. The van der Waals surface area contributed by atoms with E-state index in [1.54, 1.807) is 6.20 Å². The largest absolute Gasteiger partial charge is 0.444 e. The number of nitrogens with zero attached hydrogens (tertiary/aromatic N) is 3. The average molecular weight is 378 g/mol. The van der Waals surface area contributed by atoms with E-state index in [9.17, 15) is 9.59 Å². The minimum Gasteiger partial charge on any atom is -0.444 e. The molecule has 0 radical (unpaired) electrons. The molecule has 1 aromatic heterocycles. The van der Waals surface area contributed by atoms with Gasteiger partial charge in [0.2, 0.25) is 0 Å². The SMILES string of the molecule is CC(C)(C)OC(=O)N1C2CCC1CN(C(=O)c1cnc(C3CC3)s1)CC2. The Morgan fingerprint density at radius 2 is 1.88 bits per heavy atom. The molecule has 7 heteroatoms. The third-order valence-electron chi connectivity index (χ3n) is 5.34. The van der Waals surface area contributed by atoms with Crippen LogP contribution in [-0.4, -0.2) is 57.6 Å². The molecule has 2 bridgehead atoms. The fourth-order valence-electron chi connectivity index (χ4n) is 3.93. The number of carbonyl (C=O) groups is 2. The lowest BCUT2D eigenvalue weighted by Gasteiger charge is -2.31. The maximum absolute atomic E-state index is 13.0. The summed E-state index contributed by atoms with van der Waals surface area (Å²) in [5.41, 5.74) is -0.500. The van der Waals surface area contributed by atoms with Crippen LogP contribution in [0.4, 0.5) is 4.79 Å². The van der Waals surface area contributed by atoms with Crippen LogP contribution in [0.1, 0.15) is 73.5 Å². The van der Waals surface area contributed by atoms with Crippen LogP contribution in [0.5, 0.6) is 0 Å². The fraction of sp³-hybridized carbons (Fsp3) is 0.737. The lowest BCUT2D eigenvalue weighted by atomic mass is 10.1. The Morgan fingerprint density at radius 1 is 1.15 bits per heavy atom. The van der Waals surface area contributed by atoms with Gasteiger partial charge < -0.3 is 14.5 Å². The predicted octanol–water partition coefficient (Wildman–Crippen LogP) is 3.63. The Kier molecular flexibility index (Phi) is 4.45. The number of amides is 2. The van der Waals surface area contributed by atoms with E-state index in [0.717, 1.165) is 29.1 Å². The molecule has 1 saturated carbocycles. The highest BCUT2D eigenvalue weighted by atomic mass is 32.1. The standard InChI is InChI=1S/C19H27N3O3S/c1-19(2,3)25-18(24)22-13-6-7-14(22)11-21(9-8-13)17(23)15-10-20-16(26-15)12-4-5-12/h10,12-14H,4-9,11H2,1-3H3. The smallest absolute Gasteiger partial charge is 0.410 e. The number of carbonyl (C=O) groups excluding carboxylic acids is 2. The number of aromatic nitrogens is 1. The Bertz CT molecular complexity index is 707. The van der Waals surface area contributed by atoms with Gasteiger partial charge in [-0.2, -0.15) is 0 Å². The topological polar surface area (TPSA) is 62.7 Å². The van der Waals surface area contributed by atoms with Crippen LogP contribution in [-0.2, 0) is 4.74 Å². The molecule has 2 saturated heterocycles. The van der Waals surface area contributed by atoms with Crippen LogP contribution in [0.15, 0.2) is 6.20 Å². The van der Waals surface area contributed by atoms with Crippen molar-refractivity contribution >= 4 is 23.3 Å². The Balaban J connectivity index is 1.46. The van der Waals surface area contributed by atoms with Crippen molar-refractivity contribution < 1.29 is 14.3 Å². The number of ether oxygens (including phenoxy) is 1. The van der Waals surface area contributed by atoms with Gasteiger partial charge >= 0.3 is 6.09 Å². The zero-order chi connectivity index (χ0) is 18.5. The molecule has 142 valence electrons. The summed E-state index contributed by atoms with van der Waals surface area (Å²) in [6, 6.07) is 0.230. The molecule has 1 aromatic rings. The fourth-order valence-corrected chi connectivity index (χ4v) is 4.99. The molecule has 2 aliphatic heterocycles. The highest BCUT2D eigenvalue weighted by Gasteiger charge is 2.43. The second-order valence-electron chi connectivity index (χ2n) is 8.65. The number of hydrogen-bond acceptors (Lipinski definition) is 5. The Morgan fingerprint density at radius 3 is 2.58 bits per heavy atom. The quantitative estimate of drug-likeness (QED) is 0.789. The molecule has 3 aliphatic rings. The lowest BCUT2D eigenvalue weighted by Crippen LogP contribution is -2.46. The van der Waals surface area contributed by atoms with E-state index in [4.69, 9.17) is 4.74 Å². The zero-order valence-electron chi connectivity index (χ0n) is 15.7. The first-order valence-corrected chi connectivity index (χ1v) is 10.4. The van der Waals surface area contributed by atoms with Crippen molar-refractivity contribution in [1.29, 1.82) is 0 Å². The summed E-state index contributed by atoms with van der Waals surface area (Å²) in [6.07, 6.45) is 6.62. The summed E-state index contributed by atoms with van der Waals surface area (Å²) in [5.74, 6) is 0.635. The van der Waals surface area contributed by atoms with Crippen LogP contribution in [0, 0.1) is 0 Å². The summed E-state index contributed by atoms with van der Waals surface area (Å²) in [4.78, 5) is 34.6. The third kappa shape index (κ3) is 3.59. The summed E-state index contributed by atoms with van der Waals surface area (Å²) in [7, 11) is 0. The molecule has 2 atom stereocenters. The highest BCUT2D eigenvalue weighted by molar-refractivity contribution is 7.13. The van der Waals surface area contributed by atoms with Crippen molar-refractivity contribution in [3.8, 4) is 0 Å². The molecule has 0 spiro atoms. The van der Waals surface area contributed by atoms with E-state index in [-0.39, 0.29) is 24.1 Å². The van der Waals surface area contributed by atoms with Crippen LogP contribution < -0.4 is 0 Å². The molecule has 6 nitrogen and oxygen atoms in total. The molecule has 0 N–H and O–H groups in total. The van der Waals surface area contributed by atoms with Crippen LogP contribution in [0.2, 0.25) is 0 Å². The summed E-state index contributed by atoms with van der Waals surface area (Å²) >= 11 is 1.54. The molecule has 0 aromatic carbocycles. The zero-order valence-corrected chi connectivity index (χ0v) is 16.6. The molecule has 3 heterocycles. The van der Waals surface area contributed by atoms with Crippen molar-refractivity contribution in [2.45, 2.75) is 76.5 Å².